The van der Waals surface area contributed by atoms with Gasteiger partial charge in [-0.2, -0.15) is 8.78 Å². The van der Waals surface area contributed by atoms with Crippen LogP contribution in [-0.2, 0) is 10.8 Å². The van der Waals surface area contributed by atoms with Crippen molar-refractivity contribution in [2.45, 2.75) is 89.8 Å². The van der Waals surface area contributed by atoms with E-state index in [1.807, 2.05) is 0 Å². The molecular formula is C25H29F5O. The second-order valence-electron chi connectivity index (χ2n) is 10.9. The highest BCUT2D eigenvalue weighted by Gasteiger charge is 2.64. The van der Waals surface area contributed by atoms with E-state index in [1.165, 1.54) is 13.0 Å². The number of allylic oxidation sites excluding steroid dienone is 1. The molecule has 31 heavy (non-hydrogen) atoms. The molecular weight excluding hydrogens is 411 g/mol. The van der Waals surface area contributed by atoms with Gasteiger partial charge in [0.1, 0.15) is 5.83 Å². The quantitative estimate of drug-likeness (QED) is 0.433. The van der Waals surface area contributed by atoms with Crippen molar-refractivity contribution >= 4 is 0 Å². The summed E-state index contributed by atoms with van der Waals surface area (Å²) < 4.78 is 78.9. The fourth-order valence-electron chi connectivity index (χ4n) is 7.04. The molecule has 6 aliphatic rings. The first-order chi connectivity index (χ1) is 14.5. The minimum absolute atomic E-state index is 0.0587. The van der Waals surface area contributed by atoms with Crippen LogP contribution in [0.4, 0.5) is 22.0 Å². The summed E-state index contributed by atoms with van der Waals surface area (Å²) in [6.45, 7) is 3.62. The first-order valence-electron chi connectivity index (χ1n) is 11.4. The Kier molecular flexibility index (Phi) is 4.53. The van der Waals surface area contributed by atoms with Gasteiger partial charge in [0.05, 0.1) is 11.2 Å². The maximum atomic E-state index is 15.7. The molecule has 4 fully saturated rings. The second kappa shape index (κ2) is 6.55. The van der Waals surface area contributed by atoms with E-state index in [1.54, 1.807) is 0 Å². The first-order valence-corrected chi connectivity index (χ1v) is 11.4. The first kappa shape index (κ1) is 21.4. The topological polar surface area (TPSA) is 9.23 Å². The molecule has 6 aliphatic carbocycles. The lowest BCUT2D eigenvalue weighted by Crippen LogP contribution is -2.57. The van der Waals surface area contributed by atoms with Crippen LogP contribution in [-0.4, -0.2) is 5.60 Å². The van der Waals surface area contributed by atoms with Crippen LogP contribution in [0.25, 0.3) is 0 Å². The predicted octanol–water partition coefficient (Wildman–Crippen LogP) is 7.87. The third-order valence-corrected chi connectivity index (χ3v) is 9.35. The minimum atomic E-state index is -4.05. The Morgan fingerprint density at radius 2 is 1.39 bits per heavy atom. The van der Waals surface area contributed by atoms with Gasteiger partial charge in [-0.1, -0.05) is 13.0 Å². The van der Waals surface area contributed by atoms with E-state index in [2.05, 4.69) is 6.92 Å². The van der Waals surface area contributed by atoms with E-state index in [9.17, 15) is 17.6 Å². The predicted molar refractivity (Wildman–Crippen MR) is 107 cm³/mol. The third kappa shape index (κ3) is 2.96. The number of benzene rings is 1. The maximum Gasteiger partial charge on any atom is 0.387 e. The average molecular weight is 440 g/mol. The maximum absolute atomic E-state index is 15.7. The van der Waals surface area contributed by atoms with Crippen molar-refractivity contribution in [1.29, 1.82) is 0 Å². The van der Waals surface area contributed by atoms with E-state index in [0.29, 0.717) is 18.3 Å². The van der Waals surface area contributed by atoms with Gasteiger partial charge in [-0.05, 0) is 99.7 Å². The molecule has 0 amide bonds. The number of aryl methyl sites for hydroxylation is 1. The highest BCUT2D eigenvalue weighted by Crippen LogP contribution is 2.71. The number of fused-ring (bicyclic) bond motifs is 5. The monoisotopic (exact) mass is 440 g/mol. The molecule has 6 heteroatoms. The molecule has 0 saturated heterocycles. The molecule has 0 aromatic heterocycles. The second-order valence-corrected chi connectivity index (χ2v) is 10.9. The zero-order chi connectivity index (χ0) is 22.3. The Labute approximate surface area is 180 Å². The van der Waals surface area contributed by atoms with E-state index < -0.39 is 34.3 Å². The van der Waals surface area contributed by atoms with Gasteiger partial charge in [0.25, 0.3) is 0 Å². The Bertz CT molecular complexity index is 917. The van der Waals surface area contributed by atoms with Crippen molar-refractivity contribution in [1.82, 2.24) is 0 Å². The van der Waals surface area contributed by atoms with Crippen LogP contribution in [0, 0.1) is 34.8 Å². The van der Waals surface area contributed by atoms with Gasteiger partial charge in [-0.25, -0.2) is 13.2 Å². The molecule has 1 aromatic carbocycles. The van der Waals surface area contributed by atoms with Gasteiger partial charge in [0, 0.05) is 5.41 Å². The van der Waals surface area contributed by atoms with Crippen LogP contribution in [0.5, 0.6) is 0 Å². The summed E-state index contributed by atoms with van der Waals surface area (Å²) in [7, 11) is 0. The molecule has 1 aromatic rings. The number of hydrogen-bond acceptors (Lipinski definition) is 1. The molecule has 1 nitrogen and oxygen atoms in total. The van der Waals surface area contributed by atoms with Crippen LogP contribution in [0.15, 0.2) is 24.0 Å². The van der Waals surface area contributed by atoms with Gasteiger partial charge in [-0.3, -0.25) is 0 Å². The third-order valence-electron chi connectivity index (χ3n) is 9.35. The molecule has 0 spiro atoms. The standard InChI is InChI=1S/C25H29F5O/c1-16-3-4-17(20(28)19(16)27)25(29,30)31-23-11-13-24(14-12-23,18(26)15-23)22-8-5-21(2,6-9-22)7-10-22/h3-4,15H,5-14H2,1-2H3. The zero-order valence-corrected chi connectivity index (χ0v) is 18.1. The van der Waals surface area contributed by atoms with Crippen LogP contribution in [0.1, 0.15) is 82.3 Å². The molecule has 7 rings (SSSR count). The molecule has 0 aliphatic heterocycles. The summed E-state index contributed by atoms with van der Waals surface area (Å²) in [5, 5.41) is 0. The lowest BCUT2D eigenvalue weighted by Gasteiger charge is -2.64. The molecule has 0 N–H and O–H groups in total. The average Bonchev–Trinajstić information content (AvgIpc) is 2.72. The highest BCUT2D eigenvalue weighted by molar-refractivity contribution is 5.31. The lowest BCUT2D eigenvalue weighted by molar-refractivity contribution is -0.310. The van der Waals surface area contributed by atoms with Crippen molar-refractivity contribution < 1.29 is 26.7 Å². The largest absolute Gasteiger partial charge is 0.387 e. The summed E-state index contributed by atoms with van der Waals surface area (Å²) >= 11 is 0. The Hall–Kier alpha value is -1.43. The number of ether oxygens (including phenoxy) is 1. The summed E-state index contributed by atoms with van der Waals surface area (Å²) in [4.78, 5) is 0. The summed E-state index contributed by atoms with van der Waals surface area (Å²) in [5.74, 6) is -3.26. The molecule has 170 valence electrons. The van der Waals surface area contributed by atoms with Crippen LogP contribution >= 0.6 is 0 Å². The molecule has 0 unspecified atom stereocenters. The van der Waals surface area contributed by atoms with Crippen LogP contribution in [0.3, 0.4) is 0 Å². The van der Waals surface area contributed by atoms with E-state index in [-0.39, 0.29) is 29.6 Å². The molecule has 0 heterocycles. The highest BCUT2D eigenvalue weighted by atomic mass is 19.3. The fourth-order valence-corrected chi connectivity index (χ4v) is 7.04. The van der Waals surface area contributed by atoms with Gasteiger partial charge < -0.3 is 4.74 Å². The van der Waals surface area contributed by atoms with Crippen molar-refractivity contribution in [2.24, 2.45) is 16.2 Å². The smallest absolute Gasteiger partial charge is 0.305 e. The molecule has 4 bridgehead atoms. The molecule has 0 radical (unpaired) electrons. The van der Waals surface area contributed by atoms with E-state index in [4.69, 9.17) is 4.74 Å². The van der Waals surface area contributed by atoms with Gasteiger partial charge in [0.15, 0.2) is 11.6 Å². The van der Waals surface area contributed by atoms with Gasteiger partial charge >= 0.3 is 6.11 Å². The van der Waals surface area contributed by atoms with Crippen molar-refractivity contribution in [3.05, 3.63) is 46.8 Å². The fraction of sp³-hybridized carbons (Fsp3) is 0.680. The Balaban J connectivity index is 1.44. The van der Waals surface area contributed by atoms with Crippen LogP contribution in [0.2, 0.25) is 0 Å². The number of rotatable bonds is 4. The van der Waals surface area contributed by atoms with Crippen molar-refractivity contribution in [3.63, 3.8) is 0 Å². The number of halogens is 5. The molecule has 0 atom stereocenters. The normalized spacial score (nSPS) is 39.6. The summed E-state index contributed by atoms with van der Waals surface area (Å²) in [5.41, 5.74) is -3.00. The van der Waals surface area contributed by atoms with Gasteiger partial charge in [-0.15, -0.1) is 0 Å². The van der Waals surface area contributed by atoms with E-state index in [0.717, 1.165) is 50.7 Å². The number of hydrogen-bond donors (Lipinski definition) is 0. The summed E-state index contributed by atoms with van der Waals surface area (Å²) in [6.07, 6.45) is 4.92. The Morgan fingerprint density at radius 3 is 1.94 bits per heavy atom. The van der Waals surface area contributed by atoms with Crippen molar-refractivity contribution in [2.75, 3.05) is 0 Å². The SMILES string of the molecule is Cc1ccc(C(F)(F)OC23C=C(F)C(C45CCC(C)(CC4)CC5)(CC2)CC3)c(F)c1F. The van der Waals surface area contributed by atoms with E-state index >= 15 is 4.39 Å². The molecule has 4 saturated carbocycles. The zero-order valence-electron chi connectivity index (χ0n) is 18.1. The Morgan fingerprint density at radius 1 is 0.806 bits per heavy atom. The lowest BCUT2D eigenvalue weighted by atomic mass is 9.41. The van der Waals surface area contributed by atoms with Gasteiger partial charge in [0.2, 0.25) is 0 Å². The van der Waals surface area contributed by atoms with Crippen molar-refractivity contribution in [3.8, 4) is 0 Å². The minimum Gasteiger partial charge on any atom is -0.305 e. The number of alkyl halides is 2. The van der Waals surface area contributed by atoms with Crippen LogP contribution < -0.4 is 0 Å². The summed E-state index contributed by atoms with van der Waals surface area (Å²) in [6, 6.07) is 1.95.